The molecule has 0 radical (unpaired) electrons. The fourth-order valence-corrected chi connectivity index (χ4v) is 5.06. The summed E-state index contributed by atoms with van der Waals surface area (Å²) >= 11 is 6.92. The first kappa shape index (κ1) is 15.7. The Balaban J connectivity index is 1.49. The van der Waals surface area contributed by atoms with Gasteiger partial charge in [-0.25, -0.2) is 0 Å². The van der Waals surface area contributed by atoms with Crippen LogP contribution in [0.25, 0.3) is 0 Å². The third kappa shape index (κ3) is 3.13. The van der Waals surface area contributed by atoms with Gasteiger partial charge in [0.1, 0.15) is 0 Å². The molecule has 0 saturated heterocycles. The van der Waals surface area contributed by atoms with Crippen LogP contribution in [0, 0.1) is 18.8 Å². The highest BCUT2D eigenvalue weighted by atomic mass is 32.1. The molecule has 2 saturated carbocycles. The van der Waals surface area contributed by atoms with E-state index >= 15 is 0 Å². The van der Waals surface area contributed by atoms with Gasteiger partial charge in [0.15, 0.2) is 5.11 Å². The molecule has 1 aromatic heterocycles. The summed E-state index contributed by atoms with van der Waals surface area (Å²) in [6, 6.07) is 0.477. The van der Waals surface area contributed by atoms with Crippen molar-refractivity contribution in [3.63, 3.8) is 0 Å². The van der Waals surface area contributed by atoms with E-state index in [0.717, 1.165) is 29.4 Å². The molecule has 2 aliphatic rings. The first-order valence-corrected chi connectivity index (χ1v) is 9.31. The number of hydrogen-bond acceptors (Lipinski definition) is 3. The molecule has 0 aliphatic heterocycles. The quantitative estimate of drug-likeness (QED) is 0.586. The van der Waals surface area contributed by atoms with Crippen LogP contribution in [0.1, 0.15) is 53.4 Å². The number of carbonyl (C=O) groups excluding carboxylic acids is 1. The predicted octanol–water partition coefficient (Wildman–Crippen LogP) is 2.92. The summed E-state index contributed by atoms with van der Waals surface area (Å²) in [5, 5.41) is 5.80. The molecule has 1 aromatic rings. The minimum absolute atomic E-state index is 0.113. The van der Waals surface area contributed by atoms with E-state index in [4.69, 9.17) is 12.2 Å². The molecule has 4 nitrogen and oxygen atoms in total. The van der Waals surface area contributed by atoms with Gasteiger partial charge >= 0.3 is 0 Å². The van der Waals surface area contributed by atoms with E-state index in [1.54, 1.807) is 11.3 Å². The van der Waals surface area contributed by atoms with Crippen LogP contribution >= 0.6 is 23.6 Å². The van der Waals surface area contributed by atoms with E-state index < -0.39 is 0 Å². The zero-order valence-electron chi connectivity index (χ0n) is 13.1. The van der Waals surface area contributed by atoms with Crippen LogP contribution in [0.15, 0.2) is 5.38 Å². The number of amides is 1. The van der Waals surface area contributed by atoms with Crippen molar-refractivity contribution in [3.8, 4) is 0 Å². The molecule has 2 bridgehead atoms. The smallest absolute Gasteiger partial charge is 0.270 e. The summed E-state index contributed by atoms with van der Waals surface area (Å²) < 4.78 is 0. The summed E-state index contributed by atoms with van der Waals surface area (Å²) in [5.41, 5.74) is 7.44. The van der Waals surface area contributed by atoms with Gasteiger partial charge < -0.3 is 5.32 Å². The lowest BCUT2D eigenvalue weighted by molar-refractivity contribution is 0.0943. The van der Waals surface area contributed by atoms with Crippen molar-refractivity contribution < 1.29 is 4.79 Å². The van der Waals surface area contributed by atoms with Gasteiger partial charge in [0.25, 0.3) is 5.91 Å². The summed E-state index contributed by atoms with van der Waals surface area (Å²) in [6.07, 6.45) is 6.10. The number of thiophene rings is 1. The molecule has 6 heteroatoms. The fourth-order valence-electron chi connectivity index (χ4n) is 3.92. The highest BCUT2D eigenvalue weighted by Gasteiger charge is 2.39. The van der Waals surface area contributed by atoms with Crippen molar-refractivity contribution in [2.45, 2.75) is 52.0 Å². The summed E-state index contributed by atoms with van der Waals surface area (Å²) in [6.45, 7) is 4.12. The van der Waals surface area contributed by atoms with Gasteiger partial charge in [-0.3, -0.25) is 15.6 Å². The Morgan fingerprint density at radius 2 is 2.18 bits per heavy atom. The van der Waals surface area contributed by atoms with Crippen LogP contribution in [0.3, 0.4) is 0 Å². The lowest BCUT2D eigenvalue weighted by Crippen LogP contribution is -2.50. The Labute approximate surface area is 141 Å². The molecule has 1 amide bonds. The first-order chi connectivity index (χ1) is 10.6. The van der Waals surface area contributed by atoms with Crippen molar-refractivity contribution in [1.82, 2.24) is 16.2 Å². The number of rotatable bonds is 3. The molecule has 0 aromatic carbocycles. The van der Waals surface area contributed by atoms with E-state index in [-0.39, 0.29) is 5.91 Å². The minimum atomic E-state index is -0.113. The van der Waals surface area contributed by atoms with Crippen molar-refractivity contribution in [2.24, 2.45) is 11.8 Å². The van der Waals surface area contributed by atoms with Crippen LogP contribution in [0.5, 0.6) is 0 Å². The van der Waals surface area contributed by atoms with E-state index in [9.17, 15) is 4.79 Å². The van der Waals surface area contributed by atoms with Gasteiger partial charge in [-0.15, -0.1) is 11.3 Å². The largest absolute Gasteiger partial charge is 0.358 e. The normalized spacial score (nSPS) is 26.0. The molecule has 22 heavy (non-hydrogen) atoms. The van der Waals surface area contributed by atoms with E-state index in [2.05, 4.69) is 30.0 Å². The maximum Gasteiger partial charge on any atom is 0.270 e. The van der Waals surface area contributed by atoms with Gasteiger partial charge in [-0.2, -0.15) is 0 Å². The monoisotopic (exact) mass is 337 g/mol. The third-order valence-corrected chi connectivity index (χ3v) is 6.22. The first-order valence-electron chi connectivity index (χ1n) is 8.02. The van der Waals surface area contributed by atoms with Gasteiger partial charge in [-0.1, -0.05) is 13.3 Å². The Hall–Kier alpha value is -1.14. The van der Waals surface area contributed by atoms with Crippen molar-refractivity contribution in [2.75, 3.05) is 0 Å². The Morgan fingerprint density at radius 1 is 1.36 bits per heavy atom. The van der Waals surface area contributed by atoms with E-state index in [1.165, 1.54) is 30.6 Å². The molecule has 3 N–H and O–H groups in total. The Bertz CT molecular complexity index is 584. The van der Waals surface area contributed by atoms with Gasteiger partial charge in [-0.05, 0) is 62.2 Å². The average Bonchev–Trinajstić information content (AvgIpc) is 3.19. The second kappa shape index (κ2) is 6.54. The van der Waals surface area contributed by atoms with Crippen LogP contribution in [-0.2, 0) is 6.42 Å². The Kier molecular flexibility index (Phi) is 4.68. The number of aryl methyl sites for hydroxylation is 1. The second-order valence-corrected chi connectivity index (χ2v) is 7.86. The molecule has 0 unspecified atom stereocenters. The van der Waals surface area contributed by atoms with Gasteiger partial charge in [0, 0.05) is 16.3 Å². The molecule has 3 rings (SSSR count). The predicted molar refractivity (Wildman–Crippen MR) is 94.0 cm³/mol. The van der Waals surface area contributed by atoms with Crippen LogP contribution < -0.4 is 16.2 Å². The maximum absolute atomic E-state index is 12.3. The molecular weight excluding hydrogens is 314 g/mol. The third-order valence-electron chi connectivity index (χ3n) is 5.05. The van der Waals surface area contributed by atoms with Crippen LogP contribution in [0.4, 0.5) is 0 Å². The summed E-state index contributed by atoms with van der Waals surface area (Å²) in [4.78, 5) is 13.5. The van der Waals surface area contributed by atoms with Crippen molar-refractivity contribution in [1.29, 1.82) is 0 Å². The zero-order valence-corrected chi connectivity index (χ0v) is 14.7. The zero-order chi connectivity index (χ0) is 15.7. The number of fused-ring (bicyclic) bond motifs is 2. The number of nitrogens with one attached hydrogen (secondary N) is 3. The van der Waals surface area contributed by atoms with E-state index in [1.807, 2.05) is 5.38 Å². The highest BCUT2D eigenvalue weighted by Crippen LogP contribution is 2.44. The molecule has 2 fully saturated rings. The van der Waals surface area contributed by atoms with Crippen molar-refractivity contribution in [3.05, 3.63) is 21.4 Å². The molecule has 120 valence electrons. The standard InChI is InChI=1S/C16H23N3OS2/c1-3-12-9(2)22-8-13(12)15(20)18-19-16(21)17-14-7-10-4-5-11(14)6-10/h8,10-11,14H,3-7H2,1-2H3,(H,18,20)(H2,17,19,21)/t10-,11-,14-/m1/s1. The molecule has 0 spiro atoms. The maximum atomic E-state index is 12.3. The lowest BCUT2D eigenvalue weighted by Gasteiger charge is -2.24. The van der Waals surface area contributed by atoms with Gasteiger partial charge in [0.2, 0.25) is 0 Å². The van der Waals surface area contributed by atoms with Crippen LogP contribution in [-0.4, -0.2) is 17.1 Å². The number of carbonyl (C=O) groups is 1. The number of hydrazine groups is 1. The SMILES string of the molecule is CCc1c(C(=O)NNC(=S)N[C@@H]2C[C@@H]3CC[C@@H]2C3)csc1C. The molecular formula is C16H23N3OS2. The topological polar surface area (TPSA) is 53.2 Å². The van der Waals surface area contributed by atoms with Crippen LogP contribution in [0.2, 0.25) is 0 Å². The number of hydrogen-bond donors (Lipinski definition) is 3. The molecule has 3 atom stereocenters. The van der Waals surface area contributed by atoms with E-state index in [0.29, 0.717) is 11.2 Å². The number of thiocarbonyl (C=S) groups is 1. The molecule has 2 aliphatic carbocycles. The summed E-state index contributed by atoms with van der Waals surface area (Å²) in [5.74, 6) is 1.52. The van der Waals surface area contributed by atoms with Gasteiger partial charge in [0.05, 0.1) is 5.56 Å². The molecule has 1 heterocycles. The summed E-state index contributed by atoms with van der Waals surface area (Å²) in [7, 11) is 0. The fraction of sp³-hybridized carbons (Fsp3) is 0.625. The average molecular weight is 338 g/mol. The second-order valence-electron chi connectivity index (χ2n) is 6.37. The Morgan fingerprint density at radius 3 is 2.82 bits per heavy atom. The minimum Gasteiger partial charge on any atom is -0.358 e. The lowest BCUT2D eigenvalue weighted by atomic mass is 9.96. The highest BCUT2D eigenvalue weighted by molar-refractivity contribution is 7.80. The van der Waals surface area contributed by atoms with Crippen molar-refractivity contribution >= 4 is 34.6 Å².